The van der Waals surface area contributed by atoms with E-state index in [0.717, 1.165) is 11.1 Å². The monoisotopic (exact) mass is 312 g/mol. The van der Waals surface area contributed by atoms with Gasteiger partial charge in [-0.15, -0.1) is 0 Å². The fourth-order valence-electron chi connectivity index (χ4n) is 3.26. The summed E-state index contributed by atoms with van der Waals surface area (Å²) in [5.41, 5.74) is 1.72. The predicted molar refractivity (Wildman–Crippen MR) is 84.5 cm³/mol. The largest absolute Gasteiger partial charge is 0.368 e. The van der Waals surface area contributed by atoms with E-state index in [1.807, 2.05) is 60.7 Å². The van der Waals surface area contributed by atoms with Gasteiger partial charge in [-0.25, -0.2) is 0 Å². The predicted octanol–water partition coefficient (Wildman–Crippen LogP) is 2.65. The summed E-state index contributed by atoms with van der Waals surface area (Å²) in [5, 5.41) is 9.74. The molecular weight excluding hydrogens is 292 g/mol. The summed E-state index contributed by atoms with van der Waals surface area (Å²) >= 11 is 0. The third-order valence-corrected chi connectivity index (χ3v) is 4.55. The highest BCUT2D eigenvalue weighted by Gasteiger charge is 2.74. The first-order chi connectivity index (χ1) is 11.3. The van der Waals surface area contributed by atoms with Crippen LogP contribution in [-0.4, -0.2) is 29.2 Å². The zero-order valence-electron chi connectivity index (χ0n) is 12.8. The molecule has 0 aromatic heterocycles. The normalized spacial score (nSPS) is 31.8. The quantitative estimate of drug-likeness (QED) is 0.891. The number of rotatable bonds is 6. The lowest BCUT2D eigenvalue weighted by molar-refractivity contribution is -0.116. The third kappa shape index (κ3) is 2.91. The van der Waals surface area contributed by atoms with E-state index in [0.29, 0.717) is 19.6 Å². The van der Waals surface area contributed by atoms with Gasteiger partial charge in [-0.2, -0.15) is 0 Å². The van der Waals surface area contributed by atoms with Crippen LogP contribution in [0.25, 0.3) is 0 Å². The molecule has 2 unspecified atom stereocenters. The number of aliphatic hydroxyl groups excluding tert-OH is 1. The molecule has 1 saturated heterocycles. The zero-order valence-corrected chi connectivity index (χ0v) is 12.8. The molecule has 1 saturated carbocycles. The number of fused-ring (bicyclic) bond motifs is 1. The molecule has 2 aliphatic rings. The maximum Gasteiger partial charge on any atom is 0.158 e. The number of ether oxygens (including phenoxy) is 3. The highest BCUT2D eigenvalue weighted by Crippen LogP contribution is 2.55. The molecule has 4 nitrogen and oxygen atoms in total. The van der Waals surface area contributed by atoms with Crippen molar-refractivity contribution < 1.29 is 19.3 Å². The van der Waals surface area contributed by atoms with Gasteiger partial charge in [-0.3, -0.25) is 0 Å². The fraction of sp³-hybridized carbons (Fsp3) is 0.368. The van der Waals surface area contributed by atoms with Crippen LogP contribution in [0.5, 0.6) is 0 Å². The van der Waals surface area contributed by atoms with Crippen LogP contribution >= 0.6 is 0 Å². The van der Waals surface area contributed by atoms with E-state index in [1.54, 1.807) is 0 Å². The molecule has 1 aliphatic heterocycles. The molecule has 1 heterocycles. The zero-order chi connectivity index (χ0) is 15.7. The summed E-state index contributed by atoms with van der Waals surface area (Å²) < 4.78 is 17.6. The fourth-order valence-corrected chi connectivity index (χ4v) is 3.26. The SMILES string of the molecule is OC1C[C@@]2(OCc3ccccc3)C(OCc3ccccc3)[C@H]2O1. The van der Waals surface area contributed by atoms with Gasteiger partial charge in [0.05, 0.1) is 13.2 Å². The van der Waals surface area contributed by atoms with Crippen molar-refractivity contribution in [1.82, 2.24) is 0 Å². The number of aliphatic hydroxyl groups is 1. The van der Waals surface area contributed by atoms with Crippen molar-refractivity contribution in [1.29, 1.82) is 0 Å². The second-order valence-corrected chi connectivity index (χ2v) is 6.16. The van der Waals surface area contributed by atoms with E-state index in [1.165, 1.54) is 0 Å². The minimum atomic E-state index is -0.757. The van der Waals surface area contributed by atoms with Gasteiger partial charge >= 0.3 is 0 Å². The third-order valence-electron chi connectivity index (χ3n) is 4.55. The van der Waals surface area contributed by atoms with Crippen molar-refractivity contribution in [2.24, 2.45) is 0 Å². The average molecular weight is 312 g/mol. The summed E-state index contributed by atoms with van der Waals surface area (Å²) in [6, 6.07) is 20.1. The minimum absolute atomic E-state index is 0.116. The highest BCUT2D eigenvalue weighted by atomic mass is 16.7. The van der Waals surface area contributed by atoms with Gasteiger partial charge in [0.15, 0.2) is 6.29 Å². The van der Waals surface area contributed by atoms with Crippen molar-refractivity contribution >= 4 is 0 Å². The van der Waals surface area contributed by atoms with E-state index in [-0.39, 0.29) is 12.2 Å². The second-order valence-electron chi connectivity index (χ2n) is 6.16. The van der Waals surface area contributed by atoms with Crippen molar-refractivity contribution in [2.75, 3.05) is 0 Å². The Morgan fingerprint density at radius 1 is 0.957 bits per heavy atom. The summed E-state index contributed by atoms with van der Waals surface area (Å²) in [5.74, 6) is 0. The number of hydrogen-bond donors (Lipinski definition) is 1. The molecule has 2 aromatic carbocycles. The van der Waals surface area contributed by atoms with Crippen LogP contribution in [0.1, 0.15) is 17.5 Å². The van der Waals surface area contributed by atoms with Crippen LogP contribution in [0.2, 0.25) is 0 Å². The number of benzene rings is 2. The summed E-state index contributed by atoms with van der Waals surface area (Å²) in [7, 11) is 0. The highest BCUT2D eigenvalue weighted by molar-refractivity contribution is 5.24. The Bertz CT molecular complexity index is 645. The molecule has 4 heteroatoms. The first-order valence-corrected chi connectivity index (χ1v) is 7.95. The lowest BCUT2D eigenvalue weighted by Gasteiger charge is -2.17. The van der Waals surface area contributed by atoms with Crippen molar-refractivity contribution in [2.45, 2.75) is 43.7 Å². The Kier molecular flexibility index (Phi) is 3.91. The van der Waals surface area contributed by atoms with Crippen LogP contribution in [0.3, 0.4) is 0 Å². The first-order valence-electron chi connectivity index (χ1n) is 7.95. The van der Waals surface area contributed by atoms with Gasteiger partial charge in [0.1, 0.15) is 17.8 Å². The van der Waals surface area contributed by atoms with Gasteiger partial charge in [-0.1, -0.05) is 60.7 Å². The van der Waals surface area contributed by atoms with Crippen LogP contribution in [0, 0.1) is 0 Å². The van der Waals surface area contributed by atoms with Crippen LogP contribution in [-0.2, 0) is 27.4 Å². The van der Waals surface area contributed by atoms with Crippen LogP contribution < -0.4 is 0 Å². The molecular formula is C19H20O4. The maximum atomic E-state index is 9.74. The lowest BCUT2D eigenvalue weighted by Crippen LogP contribution is -2.25. The van der Waals surface area contributed by atoms with E-state index in [2.05, 4.69) is 0 Å². The van der Waals surface area contributed by atoms with Crippen LogP contribution in [0.15, 0.2) is 60.7 Å². The van der Waals surface area contributed by atoms with Gasteiger partial charge in [0.2, 0.25) is 0 Å². The average Bonchev–Trinajstić information content (AvgIpc) is 3.01. The molecule has 23 heavy (non-hydrogen) atoms. The topological polar surface area (TPSA) is 47.9 Å². The Morgan fingerprint density at radius 3 is 2.22 bits per heavy atom. The summed E-state index contributed by atoms with van der Waals surface area (Å²) in [4.78, 5) is 0. The van der Waals surface area contributed by atoms with Gasteiger partial charge in [0.25, 0.3) is 0 Å². The molecule has 2 fully saturated rings. The van der Waals surface area contributed by atoms with Crippen molar-refractivity contribution in [3.63, 3.8) is 0 Å². The van der Waals surface area contributed by atoms with Crippen LogP contribution in [0.4, 0.5) is 0 Å². The van der Waals surface area contributed by atoms with Gasteiger partial charge in [0, 0.05) is 6.42 Å². The van der Waals surface area contributed by atoms with E-state index in [4.69, 9.17) is 14.2 Å². The first kappa shape index (κ1) is 14.8. The molecule has 4 atom stereocenters. The van der Waals surface area contributed by atoms with E-state index in [9.17, 15) is 5.11 Å². The minimum Gasteiger partial charge on any atom is -0.368 e. The van der Waals surface area contributed by atoms with Gasteiger partial charge < -0.3 is 19.3 Å². The van der Waals surface area contributed by atoms with Crippen molar-refractivity contribution in [3.05, 3.63) is 71.8 Å². The summed E-state index contributed by atoms with van der Waals surface area (Å²) in [6.07, 6.45) is -0.587. The lowest BCUT2D eigenvalue weighted by atomic mass is 10.2. The standard InChI is InChI=1S/C19H20O4/c20-16-11-19(22-13-15-9-5-2-6-10-15)17(18(19)23-16)21-12-14-7-3-1-4-8-14/h1-10,16-18,20H,11-13H2/t16?,17?,18-,19-/m1/s1. The Balaban J connectivity index is 1.39. The molecule has 1 aliphatic carbocycles. The molecule has 2 aromatic rings. The molecule has 0 amide bonds. The molecule has 0 radical (unpaired) electrons. The second kappa shape index (κ2) is 6.06. The molecule has 1 N–H and O–H groups in total. The molecule has 120 valence electrons. The molecule has 0 bridgehead atoms. The Labute approximate surface area is 135 Å². The molecule has 0 spiro atoms. The molecule has 4 rings (SSSR count). The Hall–Kier alpha value is -1.72. The van der Waals surface area contributed by atoms with E-state index < -0.39 is 11.9 Å². The van der Waals surface area contributed by atoms with E-state index >= 15 is 0 Å². The Morgan fingerprint density at radius 2 is 1.57 bits per heavy atom. The number of hydrogen-bond acceptors (Lipinski definition) is 4. The summed E-state index contributed by atoms with van der Waals surface area (Å²) in [6.45, 7) is 1.02. The van der Waals surface area contributed by atoms with Gasteiger partial charge in [-0.05, 0) is 11.1 Å². The van der Waals surface area contributed by atoms with Crippen molar-refractivity contribution in [3.8, 4) is 0 Å². The smallest absolute Gasteiger partial charge is 0.158 e. The maximum absolute atomic E-state index is 9.74.